The van der Waals surface area contributed by atoms with E-state index in [0.717, 1.165) is 19.3 Å². The first kappa shape index (κ1) is 19.4. The lowest BCUT2D eigenvalue weighted by Gasteiger charge is -2.40. The molecular weight excluding hydrogens is 318 g/mol. The molecule has 25 heavy (non-hydrogen) atoms. The van der Waals surface area contributed by atoms with Gasteiger partial charge in [0, 0.05) is 26.7 Å². The van der Waals surface area contributed by atoms with Crippen LogP contribution in [-0.4, -0.2) is 72.6 Å². The highest BCUT2D eigenvalue weighted by molar-refractivity contribution is 5.86. The van der Waals surface area contributed by atoms with Crippen LogP contribution in [0.4, 0.5) is 0 Å². The predicted octanol–water partition coefficient (Wildman–Crippen LogP) is 0.651. The van der Waals surface area contributed by atoms with Gasteiger partial charge in [-0.15, -0.1) is 0 Å². The molecule has 1 fully saturated rings. The Balaban J connectivity index is 1.87. The number of nitrogens with zero attached hydrogens (tertiary/aromatic N) is 2. The first-order chi connectivity index (χ1) is 11.9. The molecule has 1 aliphatic rings. The lowest BCUT2D eigenvalue weighted by molar-refractivity contribution is -0.159. The van der Waals surface area contributed by atoms with Crippen LogP contribution in [0, 0.1) is 0 Å². The van der Waals surface area contributed by atoms with Crippen LogP contribution < -0.4 is 5.32 Å². The van der Waals surface area contributed by atoms with Crippen LogP contribution in [0.5, 0.6) is 0 Å². The Bertz CT molecular complexity index is 579. The van der Waals surface area contributed by atoms with Crippen LogP contribution in [0.25, 0.3) is 0 Å². The standard InChI is InChI=1S/C19H29N3O3/c1-20-17(23)14-21(2)15-19(25)11-7-13-22(18(19)24)12-6-10-16-8-4-3-5-9-16/h3-5,8-9,25H,6-7,10-15H2,1-2H3,(H,20,23)/t19-/m0/s1. The van der Waals surface area contributed by atoms with Crippen molar-refractivity contribution in [2.45, 2.75) is 31.3 Å². The topological polar surface area (TPSA) is 72.9 Å². The number of likely N-dealkylation sites (N-methyl/N-ethyl adjacent to an activating group) is 2. The van der Waals surface area contributed by atoms with Crippen LogP contribution in [0.1, 0.15) is 24.8 Å². The molecule has 6 nitrogen and oxygen atoms in total. The Kier molecular flexibility index (Phi) is 6.96. The van der Waals surface area contributed by atoms with Gasteiger partial charge in [-0.3, -0.25) is 14.5 Å². The SMILES string of the molecule is CNC(=O)CN(C)C[C@@]1(O)CCCN(CCCc2ccccc2)C1=O. The van der Waals surface area contributed by atoms with Gasteiger partial charge in [-0.25, -0.2) is 0 Å². The molecule has 1 heterocycles. The van der Waals surface area contributed by atoms with E-state index in [2.05, 4.69) is 17.4 Å². The molecule has 0 radical (unpaired) electrons. The molecule has 0 spiro atoms. The van der Waals surface area contributed by atoms with Gasteiger partial charge in [-0.1, -0.05) is 30.3 Å². The van der Waals surface area contributed by atoms with Crippen molar-refractivity contribution in [2.24, 2.45) is 0 Å². The quantitative estimate of drug-likeness (QED) is 0.724. The molecule has 1 saturated heterocycles. The number of piperidine rings is 1. The van der Waals surface area contributed by atoms with Crippen LogP contribution in [0.15, 0.2) is 30.3 Å². The maximum Gasteiger partial charge on any atom is 0.255 e. The summed E-state index contributed by atoms with van der Waals surface area (Å²) in [6.45, 7) is 1.68. The third kappa shape index (κ3) is 5.54. The van der Waals surface area contributed by atoms with Gasteiger partial charge in [0.15, 0.2) is 5.60 Å². The summed E-state index contributed by atoms with van der Waals surface area (Å²) >= 11 is 0. The number of amides is 2. The second-order valence-corrected chi connectivity index (χ2v) is 6.86. The Hall–Kier alpha value is -1.92. The predicted molar refractivity (Wildman–Crippen MR) is 97.1 cm³/mol. The fraction of sp³-hybridized carbons (Fsp3) is 0.579. The molecule has 2 N–H and O–H groups in total. The van der Waals surface area contributed by atoms with Gasteiger partial charge in [0.05, 0.1) is 6.54 Å². The number of rotatable bonds is 8. The van der Waals surface area contributed by atoms with Crippen molar-refractivity contribution < 1.29 is 14.7 Å². The van der Waals surface area contributed by atoms with Crippen molar-refractivity contribution in [3.05, 3.63) is 35.9 Å². The first-order valence-corrected chi connectivity index (χ1v) is 8.89. The minimum Gasteiger partial charge on any atom is -0.379 e. The maximum atomic E-state index is 12.7. The zero-order chi connectivity index (χ0) is 18.3. The number of hydrogen-bond acceptors (Lipinski definition) is 4. The van der Waals surface area contributed by atoms with E-state index < -0.39 is 5.60 Å². The van der Waals surface area contributed by atoms with Crippen molar-refractivity contribution in [2.75, 3.05) is 40.3 Å². The van der Waals surface area contributed by atoms with Gasteiger partial charge in [0.25, 0.3) is 5.91 Å². The second-order valence-electron chi connectivity index (χ2n) is 6.86. The number of nitrogens with one attached hydrogen (secondary N) is 1. The Labute approximate surface area is 149 Å². The molecule has 2 amide bonds. The number of carbonyl (C=O) groups is 2. The zero-order valence-electron chi connectivity index (χ0n) is 15.2. The monoisotopic (exact) mass is 347 g/mol. The highest BCUT2D eigenvalue weighted by Crippen LogP contribution is 2.24. The van der Waals surface area contributed by atoms with E-state index in [9.17, 15) is 14.7 Å². The molecular formula is C19H29N3O3. The van der Waals surface area contributed by atoms with E-state index in [-0.39, 0.29) is 24.9 Å². The summed E-state index contributed by atoms with van der Waals surface area (Å²) < 4.78 is 0. The minimum atomic E-state index is -1.40. The average molecular weight is 347 g/mol. The third-order valence-corrected chi connectivity index (χ3v) is 4.66. The highest BCUT2D eigenvalue weighted by Gasteiger charge is 2.42. The number of hydrogen-bond donors (Lipinski definition) is 2. The van der Waals surface area contributed by atoms with Crippen LogP contribution >= 0.6 is 0 Å². The summed E-state index contributed by atoms with van der Waals surface area (Å²) in [4.78, 5) is 27.7. The summed E-state index contributed by atoms with van der Waals surface area (Å²) in [5.74, 6) is -0.343. The van der Waals surface area contributed by atoms with Crippen molar-refractivity contribution in [1.29, 1.82) is 0 Å². The smallest absolute Gasteiger partial charge is 0.255 e. The summed E-state index contributed by atoms with van der Waals surface area (Å²) in [5.41, 5.74) is -0.138. The molecule has 1 aliphatic heterocycles. The molecule has 0 unspecified atom stereocenters. The van der Waals surface area contributed by atoms with Gasteiger partial charge in [-0.05, 0) is 38.3 Å². The molecule has 0 bridgehead atoms. The van der Waals surface area contributed by atoms with Crippen molar-refractivity contribution in [3.63, 3.8) is 0 Å². The van der Waals surface area contributed by atoms with E-state index in [0.29, 0.717) is 19.5 Å². The molecule has 1 aromatic carbocycles. The highest BCUT2D eigenvalue weighted by atomic mass is 16.3. The summed E-state index contributed by atoms with van der Waals surface area (Å²) in [5, 5.41) is 13.4. The van der Waals surface area contributed by atoms with Gasteiger partial charge in [0.1, 0.15) is 0 Å². The number of aliphatic hydroxyl groups is 1. The number of aryl methyl sites for hydroxylation is 1. The third-order valence-electron chi connectivity index (χ3n) is 4.66. The fourth-order valence-electron chi connectivity index (χ4n) is 3.37. The number of likely N-dealkylation sites (tertiary alicyclic amines) is 1. The largest absolute Gasteiger partial charge is 0.379 e. The second kappa shape index (κ2) is 8.97. The molecule has 1 atom stereocenters. The minimum absolute atomic E-state index is 0.130. The van der Waals surface area contributed by atoms with E-state index >= 15 is 0 Å². The molecule has 2 rings (SSSR count). The Morgan fingerprint density at radius 2 is 2.08 bits per heavy atom. The van der Waals surface area contributed by atoms with Crippen LogP contribution in [0.2, 0.25) is 0 Å². The normalized spacial score (nSPS) is 20.8. The van der Waals surface area contributed by atoms with E-state index in [1.54, 1.807) is 23.9 Å². The summed E-state index contributed by atoms with van der Waals surface area (Å²) in [7, 11) is 3.32. The van der Waals surface area contributed by atoms with Gasteiger partial charge in [0.2, 0.25) is 5.91 Å². The number of carbonyl (C=O) groups excluding carboxylic acids is 2. The summed E-state index contributed by atoms with van der Waals surface area (Å²) in [6.07, 6.45) is 3.01. The van der Waals surface area contributed by atoms with E-state index in [4.69, 9.17) is 0 Å². The first-order valence-electron chi connectivity index (χ1n) is 8.89. The zero-order valence-corrected chi connectivity index (χ0v) is 15.2. The van der Waals surface area contributed by atoms with Gasteiger partial charge in [-0.2, -0.15) is 0 Å². The molecule has 6 heteroatoms. The molecule has 0 aliphatic carbocycles. The van der Waals surface area contributed by atoms with Crippen LogP contribution in [-0.2, 0) is 16.0 Å². The van der Waals surface area contributed by atoms with Crippen molar-refractivity contribution in [1.82, 2.24) is 15.1 Å². The molecule has 0 aromatic heterocycles. The van der Waals surface area contributed by atoms with Crippen LogP contribution in [0.3, 0.4) is 0 Å². The van der Waals surface area contributed by atoms with Crippen molar-refractivity contribution >= 4 is 11.8 Å². The molecule has 1 aromatic rings. The van der Waals surface area contributed by atoms with E-state index in [1.165, 1.54) is 5.56 Å². The van der Waals surface area contributed by atoms with Gasteiger partial charge >= 0.3 is 0 Å². The van der Waals surface area contributed by atoms with Gasteiger partial charge < -0.3 is 15.3 Å². The lowest BCUT2D eigenvalue weighted by Crippen LogP contribution is -2.58. The average Bonchev–Trinajstić information content (AvgIpc) is 2.59. The van der Waals surface area contributed by atoms with Crippen molar-refractivity contribution in [3.8, 4) is 0 Å². The molecule has 0 saturated carbocycles. The lowest BCUT2D eigenvalue weighted by atomic mass is 9.91. The molecule has 138 valence electrons. The number of benzene rings is 1. The Morgan fingerprint density at radius 3 is 2.76 bits per heavy atom. The maximum absolute atomic E-state index is 12.7. The Morgan fingerprint density at radius 1 is 1.36 bits per heavy atom. The summed E-state index contributed by atoms with van der Waals surface area (Å²) in [6, 6.07) is 10.2. The fourth-order valence-corrected chi connectivity index (χ4v) is 3.37. The van der Waals surface area contributed by atoms with E-state index in [1.807, 2.05) is 18.2 Å².